The number of hydrogen-bond acceptors (Lipinski definition) is 5. The monoisotopic (exact) mass is 424 g/mol. The van der Waals surface area contributed by atoms with Gasteiger partial charge in [0.2, 0.25) is 0 Å². The number of rotatable bonds is 9. The largest absolute Gasteiger partial charge is 0.497 e. The van der Waals surface area contributed by atoms with Crippen LogP contribution in [-0.2, 0) is 13.2 Å². The lowest BCUT2D eigenvalue weighted by molar-refractivity contribution is 0.0741. The molecule has 0 saturated heterocycles. The summed E-state index contributed by atoms with van der Waals surface area (Å²) in [5.74, 6) is 1.50. The molecule has 0 spiro atoms. The minimum atomic E-state index is -0.0170. The van der Waals surface area contributed by atoms with E-state index in [9.17, 15) is 4.79 Å². The maximum Gasteiger partial charge on any atom is 0.254 e. The van der Waals surface area contributed by atoms with Crippen molar-refractivity contribution in [3.05, 3.63) is 75.2 Å². The molecule has 0 saturated carbocycles. The smallest absolute Gasteiger partial charge is 0.254 e. The number of carbonyl (C=O) groups is 1. The molecule has 2 aromatic carbocycles. The minimum Gasteiger partial charge on any atom is -0.497 e. The Balaban J connectivity index is 1.65. The van der Waals surface area contributed by atoms with Crippen LogP contribution >= 0.6 is 11.3 Å². The number of aryl methyl sites for hydroxylation is 2. The van der Waals surface area contributed by atoms with Crippen LogP contribution < -0.4 is 9.47 Å². The average molecular weight is 425 g/mol. The Morgan fingerprint density at radius 3 is 2.67 bits per heavy atom. The quantitative estimate of drug-likeness (QED) is 0.461. The van der Waals surface area contributed by atoms with Gasteiger partial charge in [-0.25, -0.2) is 4.98 Å². The number of benzene rings is 2. The van der Waals surface area contributed by atoms with Crippen molar-refractivity contribution >= 4 is 17.2 Å². The molecule has 1 heterocycles. The highest BCUT2D eigenvalue weighted by Gasteiger charge is 2.17. The molecule has 1 amide bonds. The maximum absolute atomic E-state index is 13.0. The van der Waals surface area contributed by atoms with Crippen LogP contribution in [0.3, 0.4) is 0 Å². The van der Waals surface area contributed by atoms with Gasteiger partial charge >= 0.3 is 0 Å². The van der Waals surface area contributed by atoms with Crippen LogP contribution in [0.15, 0.2) is 47.8 Å². The Morgan fingerprint density at radius 2 is 1.93 bits per heavy atom. The summed E-state index contributed by atoms with van der Waals surface area (Å²) in [4.78, 5) is 19.5. The van der Waals surface area contributed by atoms with Crippen molar-refractivity contribution in [2.75, 3.05) is 13.7 Å². The average Bonchev–Trinajstić information content (AvgIpc) is 3.21. The van der Waals surface area contributed by atoms with Crippen LogP contribution in [-0.4, -0.2) is 29.4 Å². The molecule has 1 aromatic heterocycles. The normalized spacial score (nSPS) is 10.7. The lowest BCUT2D eigenvalue weighted by atomic mass is 10.1. The molecule has 5 nitrogen and oxygen atoms in total. The number of aromatic nitrogens is 1. The van der Waals surface area contributed by atoms with Crippen molar-refractivity contribution in [2.24, 2.45) is 0 Å². The van der Waals surface area contributed by atoms with Gasteiger partial charge in [0, 0.05) is 17.5 Å². The van der Waals surface area contributed by atoms with Crippen molar-refractivity contribution in [1.29, 1.82) is 0 Å². The van der Waals surface area contributed by atoms with E-state index < -0.39 is 0 Å². The molecular formula is C24H28N2O3S. The molecule has 30 heavy (non-hydrogen) atoms. The van der Waals surface area contributed by atoms with Crippen LogP contribution in [0, 0.1) is 13.8 Å². The zero-order valence-electron chi connectivity index (χ0n) is 18.0. The molecule has 0 unspecified atom stereocenters. The van der Waals surface area contributed by atoms with Crippen molar-refractivity contribution in [1.82, 2.24) is 9.88 Å². The zero-order valence-corrected chi connectivity index (χ0v) is 18.8. The number of carbonyl (C=O) groups excluding carboxylic acids is 1. The third kappa shape index (κ3) is 5.60. The summed E-state index contributed by atoms with van der Waals surface area (Å²) in [5, 5.41) is 2.90. The first-order valence-corrected chi connectivity index (χ1v) is 10.9. The second kappa shape index (κ2) is 10.3. The van der Waals surface area contributed by atoms with Gasteiger partial charge < -0.3 is 14.4 Å². The Hall–Kier alpha value is -2.86. The molecule has 158 valence electrons. The summed E-state index contributed by atoms with van der Waals surface area (Å²) < 4.78 is 11.1. The van der Waals surface area contributed by atoms with E-state index in [1.54, 1.807) is 24.5 Å². The molecule has 0 aliphatic rings. The summed E-state index contributed by atoms with van der Waals surface area (Å²) in [7, 11) is 1.60. The third-order valence-electron chi connectivity index (χ3n) is 4.89. The second-order valence-electron chi connectivity index (χ2n) is 7.23. The molecule has 0 aliphatic heterocycles. The topological polar surface area (TPSA) is 51.7 Å². The van der Waals surface area contributed by atoms with Crippen LogP contribution in [0.1, 0.15) is 45.5 Å². The lowest BCUT2D eigenvalue weighted by Crippen LogP contribution is -2.31. The van der Waals surface area contributed by atoms with Crippen LogP contribution in [0.5, 0.6) is 11.5 Å². The number of methoxy groups -OCH3 is 1. The first-order valence-electron chi connectivity index (χ1n) is 10.1. The molecule has 0 radical (unpaired) electrons. The zero-order chi connectivity index (χ0) is 21.5. The van der Waals surface area contributed by atoms with E-state index in [4.69, 9.17) is 9.47 Å². The van der Waals surface area contributed by atoms with E-state index in [0.29, 0.717) is 31.0 Å². The van der Waals surface area contributed by atoms with Gasteiger partial charge in [-0.3, -0.25) is 4.79 Å². The fraction of sp³-hybridized carbons (Fsp3) is 0.333. The van der Waals surface area contributed by atoms with Gasteiger partial charge in [-0.15, -0.1) is 11.3 Å². The maximum atomic E-state index is 13.0. The number of hydrogen-bond donors (Lipinski definition) is 0. The molecular weight excluding hydrogens is 396 g/mol. The molecule has 3 rings (SSSR count). The molecule has 0 atom stereocenters. The van der Waals surface area contributed by atoms with Gasteiger partial charge in [-0.1, -0.05) is 19.1 Å². The number of amides is 1. The van der Waals surface area contributed by atoms with E-state index in [0.717, 1.165) is 22.9 Å². The minimum absolute atomic E-state index is 0.0170. The Bertz CT molecular complexity index is 1000. The predicted molar refractivity (Wildman–Crippen MR) is 120 cm³/mol. The molecule has 0 N–H and O–H groups in total. The number of ether oxygens (including phenoxy) is 2. The first kappa shape index (κ1) is 21.8. The fourth-order valence-electron chi connectivity index (χ4n) is 3.09. The van der Waals surface area contributed by atoms with Crippen molar-refractivity contribution in [3.8, 4) is 11.5 Å². The van der Waals surface area contributed by atoms with Crippen LogP contribution in [0.4, 0.5) is 0 Å². The standard InChI is InChI=1S/C24H28N2O3S/c1-5-11-26(24(27)19-7-6-8-21(13-19)28-4)14-20-16-30-23(25-20)15-29-22-10-9-17(2)18(3)12-22/h6-10,12-13,16H,5,11,14-15H2,1-4H3. The van der Waals surface area contributed by atoms with Crippen LogP contribution in [0.2, 0.25) is 0 Å². The van der Waals surface area contributed by atoms with Crippen molar-refractivity contribution < 1.29 is 14.3 Å². The van der Waals surface area contributed by atoms with Crippen molar-refractivity contribution in [2.45, 2.75) is 40.3 Å². The van der Waals surface area contributed by atoms with Gasteiger partial charge in [0.25, 0.3) is 5.91 Å². The van der Waals surface area contributed by atoms with Gasteiger partial charge in [-0.05, 0) is 61.7 Å². The molecule has 0 bridgehead atoms. The third-order valence-corrected chi connectivity index (χ3v) is 5.76. The summed E-state index contributed by atoms with van der Waals surface area (Å²) in [6, 6.07) is 13.3. The van der Waals surface area contributed by atoms with E-state index in [-0.39, 0.29) is 5.91 Å². The first-order chi connectivity index (χ1) is 14.5. The highest BCUT2D eigenvalue weighted by atomic mass is 32.1. The Labute approximate surface area is 182 Å². The predicted octanol–water partition coefficient (Wildman–Crippen LogP) is 5.40. The Morgan fingerprint density at radius 1 is 1.10 bits per heavy atom. The van der Waals surface area contributed by atoms with Gasteiger partial charge in [0.15, 0.2) is 0 Å². The van der Waals surface area contributed by atoms with E-state index in [1.807, 2.05) is 40.6 Å². The summed E-state index contributed by atoms with van der Waals surface area (Å²) in [6.45, 7) is 7.79. The molecule has 3 aromatic rings. The van der Waals surface area contributed by atoms with E-state index >= 15 is 0 Å². The molecule has 0 aliphatic carbocycles. The van der Waals surface area contributed by atoms with Gasteiger partial charge in [0.1, 0.15) is 23.1 Å². The lowest BCUT2D eigenvalue weighted by Gasteiger charge is -2.21. The summed E-state index contributed by atoms with van der Waals surface area (Å²) in [5.41, 5.74) is 3.95. The van der Waals surface area contributed by atoms with E-state index in [2.05, 4.69) is 31.8 Å². The summed E-state index contributed by atoms with van der Waals surface area (Å²) >= 11 is 1.56. The molecule has 0 fully saturated rings. The van der Waals surface area contributed by atoms with Crippen LogP contribution in [0.25, 0.3) is 0 Å². The van der Waals surface area contributed by atoms with Crippen molar-refractivity contribution in [3.63, 3.8) is 0 Å². The van der Waals surface area contributed by atoms with E-state index in [1.165, 1.54) is 11.1 Å². The highest BCUT2D eigenvalue weighted by Crippen LogP contribution is 2.20. The summed E-state index contributed by atoms with van der Waals surface area (Å²) in [6.07, 6.45) is 0.878. The Kier molecular flexibility index (Phi) is 7.46. The molecule has 6 heteroatoms. The van der Waals surface area contributed by atoms with Gasteiger partial charge in [0.05, 0.1) is 19.3 Å². The highest BCUT2D eigenvalue weighted by molar-refractivity contribution is 7.09. The second-order valence-corrected chi connectivity index (χ2v) is 8.17. The SMILES string of the molecule is CCCN(Cc1csc(COc2ccc(C)c(C)c2)n1)C(=O)c1cccc(OC)c1. The van der Waals surface area contributed by atoms with Gasteiger partial charge in [-0.2, -0.15) is 0 Å². The number of nitrogens with zero attached hydrogens (tertiary/aromatic N) is 2. The number of thiazole rings is 1. The fourth-order valence-corrected chi connectivity index (χ4v) is 3.79.